The lowest BCUT2D eigenvalue weighted by Crippen LogP contribution is -2.14. The second-order valence-corrected chi connectivity index (χ2v) is 4.48. The van der Waals surface area contributed by atoms with Gasteiger partial charge in [-0.15, -0.1) is 0 Å². The molecule has 0 fully saturated rings. The number of ether oxygens (including phenoxy) is 1. The number of para-hydroxylation sites is 2. The predicted octanol–water partition coefficient (Wildman–Crippen LogP) is 3.73. The van der Waals surface area contributed by atoms with Crippen LogP contribution in [0.15, 0.2) is 73.8 Å². The first-order valence-electron chi connectivity index (χ1n) is 6.87. The van der Waals surface area contributed by atoms with E-state index in [9.17, 15) is 9.59 Å². The first-order chi connectivity index (χ1) is 11.1. The Morgan fingerprint density at radius 3 is 2.17 bits per heavy atom. The zero-order valence-electron chi connectivity index (χ0n) is 12.4. The van der Waals surface area contributed by atoms with Crippen LogP contribution in [0, 0.1) is 0 Å². The van der Waals surface area contributed by atoms with Gasteiger partial charge in [0.2, 0.25) is 11.8 Å². The van der Waals surface area contributed by atoms with E-state index in [0.29, 0.717) is 22.9 Å². The van der Waals surface area contributed by atoms with Gasteiger partial charge in [-0.05, 0) is 36.4 Å². The molecule has 0 unspecified atom stereocenters. The second-order valence-electron chi connectivity index (χ2n) is 4.48. The largest absolute Gasteiger partial charge is 0.455 e. The highest BCUT2D eigenvalue weighted by Gasteiger charge is 2.13. The molecule has 116 valence electrons. The predicted molar refractivity (Wildman–Crippen MR) is 90.6 cm³/mol. The van der Waals surface area contributed by atoms with Crippen molar-refractivity contribution in [3.63, 3.8) is 0 Å². The minimum absolute atomic E-state index is 0.344. The van der Waals surface area contributed by atoms with Gasteiger partial charge in [-0.3, -0.25) is 9.59 Å². The normalized spacial score (nSPS) is 9.57. The number of hydrogen-bond donors (Lipinski definition) is 2. The lowest BCUT2D eigenvalue weighted by molar-refractivity contribution is -0.112. The molecule has 0 aromatic heterocycles. The molecule has 0 bridgehead atoms. The van der Waals surface area contributed by atoms with Gasteiger partial charge in [0.15, 0.2) is 5.75 Å². The zero-order chi connectivity index (χ0) is 16.7. The maximum atomic E-state index is 11.7. The molecule has 2 aromatic rings. The van der Waals surface area contributed by atoms with E-state index >= 15 is 0 Å². The molecule has 0 atom stereocenters. The molecule has 0 heterocycles. The van der Waals surface area contributed by atoms with Crippen molar-refractivity contribution in [3.8, 4) is 11.5 Å². The number of hydrogen-bond acceptors (Lipinski definition) is 3. The summed E-state index contributed by atoms with van der Waals surface area (Å²) in [6, 6.07) is 14.2. The highest BCUT2D eigenvalue weighted by Crippen LogP contribution is 2.35. The van der Waals surface area contributed by atoms with Gasteiger partial charge >= 0.3 is 0 Å². The van der Waals surface area contributed by atoms with Gasteiger partial charge in [-0.2, -0.15) is 0 Å². The number of carbonyl (C=O) groups is 2. The van der Waals surface area contributed by atoms with E-state index in [4.69, 9.17) is 4.74 Å². The monoisotopic (exact) mass is 308 g/mol. The van der Waals surface area contributed by atoms with Gasteiger partial charge in [-0.25, -0.2) is 0 Å². The highest BCUT2D eigenvalue weighted by atomic mass is 16.5. The van der Waals surface area contributed by atoms with Gasteiger partial charge < -0.3 is 15.4 Å². The first-order valence-corrected chi connectivity index (χ1v) is 6.87. The van der Waals surface area contributed by atoms with Crippen molar-refractivity contribution in [1.82, 2.24) is 0 Å². The summed E-state index contributed by atoms with van der Waals surface area (Å²) in [5, 5.41) is 5.28. The van der Waals surface area contributed by atoms with Crippen LogP contribution in [0.5, 0.6) is 11.5 Å². The Bertz CT molecular complexity index is 739. The van der Waals surface area contributed by atoms with E-state index in [0.717, 1.165) is 12.2 Å². The van der Waals surface area contributed by atoms with Gasteiger partial charge in [0.05, 0.1) is 5.69 Å². The van der Waals surface area contributed by atoms with Crippen LogP contribution in [-0.4, -0.2) is 11.8 Å². The Morgan fingerprint density at radius 2 is 1.52 bits per heavy atom. The second kappa shape index (κ2) is 7.61. The summed E-state index contributed by atoms with van der Waals surface area (Å²) in [5.41, 5.74) is 0.745. The molecule has 0 aliphatic heterocycles. The average Bonchev–Trinajstić information content (AvgIpc) is 2.58. The molecule has 5 nitrogen and oxygen atoms in total. The topological polar surface area (TPSA) is 67.4 Å². The molecule has 2 N–H and O–H groups in total. The molecule has 2 rings (SSSR count). The maximum absolute atomic E-state index is 11.7. The maximum Gasteiger partial charge on any atom is 0.247 e. The number of anilines is 2. The first kappa shape index (κ1) is 16.0. The number of amides is 2. The van der Waals surface area contributed by atoms with E-state index < -0.39 is 11.8 Å². The molecular weight excluding hydrogens is 292 g/mol. The van der Waals surface area contributed by atoms with E-state index in [2.05, 4.69) is 23.8 Å². The van der Waals surface area contributed by atoms with Crippen molar-refractivity contribution in [2.75, 3.05) is 10.6 Å². The molecule has 0 radical (unpaired) electrons. The average molecular weight is 308 g/mol. The van der Waals surface area contributed by atoms with Crippen LogP contribution >= 0.6 is 0 Å². The number of carbonyl (C=O) groups excluding carboxylic acids is 2. The number of rotatable bonds is 6. The standard InChI is InChI=1S/C18H16N2O3/c1-3-16(21)19-14-11-8-12-15(18(14)20-17(22)4-2)23-13-9-6-5-7-10-13/h3-12H,1-2H2,(H,19,21)(H,20,22). The summed E-state index contributed by atoms with van der Waals surface area (Å²) >= 11 is 0. The van der Waals surface area contributed by atoms with Gasteiger partial charge in [0.25, 0.3) is 0 Å². The van der Waals surface area contributed by atoms with Crippen molar-refractivity contribution < 1.29 is 14.3 Å². The third-order valence-corrected chi connectivity index (χ3v) is 2.87. The van der Waals surface area contributed by atoms with Crippen molar-refractivity contribution in [1.29, 1.82) is 0 Å². The lowest BCUT2D eigenvalue weighted by atomic mass is 10.2. The van der Waals surface area contributed by atoms with Crippen LogP contribution in [0.4, 0.5) is 11.4 Å². The van der Waals surface area contributed by atoms with E-state index in [1.54, 1.807) is 30.3 Å². The molecule has 23 heavy (non-hydrogen) atoms. The molecule has 0 aliphatic rings. The lowest BCUT2D eigenvalue weighted by Gasteiger charge is -2.15. The quantitative estimate of drug-likeness (QED) is 0.799. The summed E-state index contributed by atoms with van der Waals surface area (Å²) in [5.74, 6) is 0.196. The SMILES string of the molecule is C=CC(=O)Nc1cccc(Oc2ccccc2)c1NC(=O)C=C. The Labute approximate surface area is 134 Å². The summed E-state index contributed by atoms with van der Waals surface area (Å²) in [6.45, 7) is 6.83. The smallest absolute Gasteiger partial charge is 0.247 e. The minimum Gasteiger partial charge on any atom is -0.455 e. The van der Waals surface area contributed by atoms with Crippen LogP contribution < -0.4 is 15.4 Å². The molecule has 2 aromatic carbocycles. The van der Waals surface area contributed by atoms with Crippen LogP contribution in [0.2, 0.25) is 0 Å². The Balaban J connectivity index is 2.40. The van der Waals surface area contributed by atoms with Crippen molar-refractivity contribution in [2.24, 2.45) is 0 Å². The minimum atomic E-state index is -0.414. The van der Waals surface area contributed by atoms with E-state index in [-0.39, 0.29) is 0 Å². The Hall–Kier alpha value is -3.34. The van der Waals surface area contributed by atoms with Gasteiger partial charge in [0.1, 0.15) is 11.4 Å². The van der Waals surface area contributed by atoms with Gasteiger partial charge in [0, 0.05) is 0 Å². The zero-order valence-corrected chi connectivity index (χ0v) is 12.4. The van der Waals surface area contributed by atoms with Crippen LogP contribution in [0.25, 0.3) is 0 Å². The van der Waals surface area contributed by atoms with E-state index in [1.807, 2.05) is 18.2 Å². The molecular formula is C18H16N2O3. The fourth-order valence-corrected chi connectivity index (χ4v) is 1.82. The third-order valence-electron chi connectivity index (χ3n) is 2.87. The molecule has 2 amide bonds. The summed E-state index contributed by atoms with van der Waals surface area (Å²) < 4.78 is 5.78. The fourth-order valence-electron chi connectivity index (χ4n) is 1.82. The summed E-state index contributed by atoms with van der Waals surface area (Å²) in [6.07, 6.45) is 2.28. The third kappa shape index (κ3) is 4.31. The van der Waals surface area contributed by atoms with Crippen LogP contribution in [0.1, 0.15) is 0 Å². The highest BCUT2D eigenvalue weighted by molar-refractivity contribution is 6.07. The summed E-state index contributed by atoms with van der Waals surface area (Å²) in [4.78, 5) is 23.2. The number of nitrogens with one attached hydrogen (secondary N) is 2. The Morgan fingerprint density at radius 1 is 0.870 bits per heavy atom. The molecule has 0 saturated heterocycles. The van der Waals surface area contributed by atoms with Crippen molar-refractivity contribution in [3.05, 3.63) is 73.8 Å². The van der Waals surface area contributed by atoms with E-state index in [1.165, 1.54) is 0 Å². The van der Waals surface area contributed by atoms with Crippen LogP contribution in [-0.2, 0) is 9.59 Å². The molecule has 0 aliphatic carbocycles. The number of benzene rings is 2. The van der Waals surface area contributed by atoms with Crippen molar-refractivity contribution in [2.45, 2.75) is 0 Å². The molecule has 0 spiro atoms. The Kier molecular flexibility index (Phi) is 5.30. The van der Waals surface area contributed by atoms with Gasteiger partial charge in [-0.1, -0.05) is 37.4 Å². The molecule has 0 saturated carbocycles. The summed E-state index contributed by atoms with van der Waals surface area (Å²) in [7, 11) is 0. The fraction of sp³-hybridized carbons (Fsp3) is 0. The molecule has 5 heteroatoms. The van der Waals surface area contributed by atoms with Crippen LogP contribution in [0.3, 0.4) is 0 Å². The van der Waals surface area contributed by atoms with Crippen molar-refractivity contribution >= 4 is 23.2 Å².